The van der Waals surface area contributed by atoms with Gasteiger partial charge in [-0.25, -0.2) is 0 Å². The largest absolute Gasteiger partial charge is 0.504 e. The van der Waals surface area contributed by atoms with E-state index in [1.165, 1.54) is 7.11 Å². The van der Waals surface area contributed by atoms with E-state index in [1.807, 2.05) is 72.2 Å². The molecular formula is C30H23ClN2O3S2. The third-order valence-corrected chi connectivity index (χ3v) is 9.20. The molecule has 5 nitrogen and oxygen atoms in total. The summed E-state index contributed by atoms with van der Waals surface area (Å²) in [4.78, 5) is 17.9. The van der Waals surface area contributed by atoms with Gasteiger partial charge in [-0.2, -0.15) is 0 Å². The minimum Gasteiger partial charge on any atom is -0.504 e. The topological polar surface area (TPSA) is 61.8 Å². The number of hydrogen-bond donors (Lipinski definition) is 2. The Kier molecular flexibility index (Phi) is 6.57. The second-order valence-electron chi connectivity index (χ2n) is 8.90. The number of methoxy groups -OCH3 is 1. The number of aromatic hydroxyl groups is 1. The number of benzene rings is 3. The number of carbonyl (C=O) groups is 1. The van der Waals surface area contributed by atoms with Crippen LogP contribution in [0.3, 0.4) is 0 Å². The van der Waals surface area contributed by atoms with Crippen molar-refractivity contribution in [2.45, 2.75) is 12.6 Å². The van der Waals surface area contributed by atoms with Gasteiger partial charge in [-0.15, -0.1) is 22.7 Å². The van der Waals surface area contributed by atoms with Crippen LogP contribution < -0.4 is 10.1 Å². The third-order valence-electron chi connectivity index (χ3n) is 6.58. The molecule has 38 heavy (non-hydrogen) atoms. The maximum absolute atomic E-state index is 13.7. The molecule has 1 amide bonds. The van der Waals surface area contributed by atoms with Crippen molar-refractivity contribution in [3.63, 3.8) is 0 Å². The zero-order valence-corrected chi connectivity index (χ0v) is 22.7. The average molecular weight is 559 g/mol. The van der Waals surface area contributed by atoms with E-state index < -0.39 is 0 Å². The first-order valence-electron chi connectivity index (χ1n) is 12.0. The highest BCUT2D eigenvalue weighted by Crippen LogP contribution is 2.47. The first-order chi connectivity index (χ1) is 18.5. The molecule has 0 spiro atoms. The number of hydrogen-bond acceptors (Lipinski definition) is 6. The first kappa shape index (κ1) is 24.6. The first-order valence-corrected chi connectivity index (χ1v) is 14.1. The summed E-state index contributed by atoms with van der Waals surface area (Å²) >= 11 is 10.2. The fraction of sp³-hybridized carbons (Fsp3) is 0.100. The van der Waals surface area contributed by atoms with Crippen LogP contribution in [0.2, 0.25) is 5.02 Å². The van der Waals surface area contributed by atoms with Gasteiger partial charge in [-0.05, 0) is 52.9 Å². The van der Waals surface area contributed by atoms with Crippen LogP contribution in [-0.4, -0.2) is 23.0 Å². The summed E-state index contributed by atoms with van der Waals surface area (Å²) in [6.07, 6.45) is 1.89. The van der Waals surface area contributed by atoms with Crippen molar-refractivity contribution < 1.29 is 14.6 Å². The molecule has 0 saturated carbocycles. The molecule has 6 rings (SSSR count). The summed E-state index contributed by atoms with van der Waals surface area (Å²) in [5.74, 6) is 0.0737. The Hall–Kier alpha value is -3.78. The maximum atomic E-state index is 13.7. The number of fused-ring (bicyclic) bond motifs is 2. The van der Waals surface area contributed by atoms with Gasteiger partial charge in [0.1, 0.15) is 0 Å². The minimum atomic E-state index is -0.265. The molecule has 0 bridgehead atoms. The lowest BCUT2D eigenvalue weighted by atomic mass is 9.88. The summed E-state index contributed by atoms with van der Waals surface area (Å²) in [6, 6.07) is 24.8. The van der Waals surface area contributed by atoms with E-state index in [0.29, 0.717) is 29.1 Å². The highest BCUT2D eigenvalue weighted by atomic mass is 35.5. The van der Waals surface area contributed by atoms with Gasteiger partial charge in [-0.3, -0.25) is 4.79 Å². The van der Waals surface area contributed by atoms with Crippen LogP contribution in [0.25, 0.3) is 15.7 Å². The van der Waals surface area contributed by atoms with E-state index in [-0.39, 0.29) is 17.7 Å². The number of thiophene rings is 2. The standard InChI is InChI=1S/C30H23ClN2O3S2/c1-36-24-15-21-20(14-23(24)34)22(30(35)32-18-8-3-2-4-9-18)16-33(29(21)26-12-7-13-37-26)17-27-28(31)19-10-5-6-11-25(19)38-27/h2-16,29,34H,17H2,1H3,(H,32,35). The summed E-state index contributed by atoms with van der Waals surface area (Å²) in [6.45, 7) is 0.505. The molecule has 2 N–H and O–H groups in total. The molecule has 0 radical (unpaired) electrons. The normalized spacial score (nSPS) is 14.7. The number of anilines is 1. The van der Waals surface area contributed by atoms with E-state index in [2.05, 4.69) is 22.3 Å². The van der Waals surface area contributed by atoms with Crippen molar-refractivity contribution in [3.8, 4) is 11.5 Å². The number of carbonyl (C=O) groups excluding carboxylic acids is 1. The van der Waals surface area contributed by atoms with Crippen LogP contribution in [0.5, 0.6) is 11.5 Å². The number of phenols is 1. The smallest absolute Gasteiger partial charge is 0.257 e. The molecule has 1 atom stereocenters. The summed E-state index contributed by atoms with van der Waals surface area (Å²) < 4.78 is 6.60. The van der Waals surface area contributed by atoms with Gasteiger partial charge in [0.05, 0.1) is 30.3 Å². The minimum absolute atomic E-state index is 0.0180. The Morgan fingerprint density at radius 2 is 1.87 bits per heavy atom. The summed E-state index contributed by atoms with van der Waals surface area (Å²) in [5.41, 5.74) is 2.68. The number of amides is 1. The molecule has 5 aromatic rings. The van der Waals surface area contributed by atoms with Crippen molar-refractivity contribution >= 4 is 61.5 Å². The Morgan fingerprint density at radius 3 is 2.61 bits per heavy atom. The molecule has 190 valence electrons. The van der Waals surface area contributed by atoms with Crippen molar-refractivity contribution in [3.05, 3.63) is 116 Å². The SMILES string of the molecule is COc1cc2c(cc1O)C(C(=O)Nc1ccccc1)=CN(Cc1sc3ccccc3c1Cl)C2c1cccs1. The van der Waals surface area contributed by atoms with Gasteiger partial charge in [0.2, 0.25) is 0 Å². The number of nitrogens with zero attached hydrogens (tertiary/aromatic N) is 1. The Balaban J connectivity index is 1.50. The molecule has 0 saturated heterocycles. The molecule has 2 aromatic heterocycles. The van der Waals surface area contributed by atoms with Crippen LogP contribution in [0, 0.1) is 0 Å². The highest BCUT2D eigenvalue weighted by Gasteiger charge is 2.34. The number of halogens is 1. The molecular weight excluding hydrogens is 536 g/mol. The Morgan fingerprint density at radius 1 is 1.08 bits per heavy atom. The van der Waals surface area contributed by atoms with Crippen molar-refractivity contribution in [2.75, 3.05) is 12.4 Å². The van der Waals surface area contributed by atoms with Gasteiger partial charge in [0.25, 0.3) is 5.91 Å². The molecule has 0 aliphatic carbocycles. The molecule has 3 aromatic carbocycles. The Labute approximate surface area is 233 Å². The zero-order valence-electron chi connectivity index (χ0n) is 20.4. The fourth-order valence-electron chi connectivity index (χ4n) is 4.83. The number of phenolic OH excluding ortho intramolecular Hbond substituents is 1. The van der Waals surface area contributed by atoms with Gasteiger partial charge >= 0.3 is 0 Å². The van der Waals surface area contributed by atoms with Crippen LogP contribution in [0.1, 0.15) is 26.9 Å². The molecule has 8 heteroatoms. The molecule has 1 unspecified atom stereocenters. The lowest BCUT2D eigenvalue weighted by Crippen LogP contribution is -2.30. The van der Waals surface area contributed by atoms with Crippen LogP contribution in [0.4, 0.5) is 5.69 Å². The monoisotopic (exact) mass is 558 g/mol. The molecule has 3 heterocycles. The third kappa shape index (κ3) is 4.43. The lowest BCUT2D eigenvalue weighted by Gasteiger charge is -2.36. The molecule has 1 aliphatic heterocycles. The summed E-state index contributed by atoms with van der Waals surface area (Å²) in [5, 5.41) is 17.5. The van der Waals surface area contributed by atoms with Gasteiger partial charge in [0, 0.05) is 31.7 Å². The maximum Gasteiger partial charge on any atom is 0.257 e. The quantitative estimate of drug-likeness (QED) is 0.222. The number of rotatable bonds is 6. The number of nitrogens with one attached hydrogen (secondary N) is 1. The van der Waals surface area contributed by atoms with Crippen LogP contribution in [-0.2, 0) is 11.3 Å². The second kappa shape index (κ2) is 10.2. The van der Waals surface area contributed by atoms with Crippen molar-refractivity contribution in [2.24, 2.45) is 0 Å². The predicted molar refractivity (Wildman–Crippen MR) is 156 cm³/mol. The summed E-state index contributed by atoms with van der Waals surface area (Å²) in [7, 11) is 1.53. The average Bonchev–Trinajstić information content (AvgIpc) is 3.57. The van der Waals surface area contributed by atoms with E-state index in [9.17, 15) is 9.90 Å². The van der Waals surface area contributed by atoms with Gasteiger partial charge in [-0.1, -0.05) is 54.1 Å². The lowest BCUT2D eigenvalue weighted by molar-refractivity contribution is -0.111. The number of para-hydroxylation sites is 1. The highest BCUT2D eigenvalue weighted by molar-refractivity contribution is 7.19. The van der Waals surface area contributed by atoms with E-state index in [1.54, 1.807) is 28.7 Å². The van der Waals surface area contributed by atoms with E-state index >= 15 is 0 Å². The van der Waals surface area contributed by atoms with Crippen molar-refractivity contribution in [1.29, 1.82) is 0 Å². The Bertz CT molecular complexity index is 1660. The number of ether oxygens (including phenoxy) is 1. The zero-order chi connectivity index (χ0) is 26.2. The predicted octanol–water partition coefficient (Wildman–Crippen LogP) is 7.92. The van der Waals surface area contributed by atoms with Crippen LogP contribution in [0.15, 0.2) is 90.4 Å². The van der Waals surface area contributed by atoms with Gasteiger partial charge in [0.15, 0.2) is 11.5 Å². The molecule has 0 fully saturated rings. The van der Waals surface area contributed by atoms with Gasteiger partial charge < -0.3 is 20.1 Å². The second-order valence-corrected chi connectivity index (χ2v) is 11.4. The van der Waals surface area contributed by atoms with Crippen LogP contribution >= 0.6 is 34.3 Å². The fourth-order valence-corrected chi connectivity index (χ4v) is 7.19. The molecule has 1 aliphatic rings. The van der Waals surface area contributed by atoms with E-state index in [4.69, 9.17) is 16.3 Å². The van der Waals surface area contributed by atoms with Crippen molar-refractivity contribution in [1.82, 2.24) is 4.90 Å². The van der Waals surface area contributed by atoms with E-state index in [0.717, 1.165) is 30.4 Å².